The Morgan fingerprint density at radius 1 is 0.850 bits per heavy atom. The average molecular weight is 291 g/mol. The van der Waals surface area contributed by atoms with Gasteiger partial charge in [0.1, 0.15) is 0 Å². The molecule has 0 aliphatic rings. The summed E-state index contributed by atoms with van der Waals surface area (Å²) in [6.45, 7) is 6.75. The van der Waals surface area contributed by atoms with Gasteiger partial charge >= 0.3 is 0 Å². The fourth-order valence-electron chi connectivity index (χ4n) is 1.69. The summed E-state index contributed by atoms with van der Waals surface area (Å²) >= 11 is 0. The second-order valence-electron chi connectivity index (χ2n) is 4.33. The molecular weight excluding hydrogens is 269 g/mol. The first-order chi connectivity index (χ1) is 9.62. The van der Waals surface area contributed by atoms with E-state index in [2.05, 4.69) is 19.2 Å². The summed E-state index contributed by atoms with van der Waals surface area (Å²) in [5.74, 6) is 0. The van der Waals surface area contributed by atoms with Crippen LogP contribution in [0.4, 0.5) is 0 Å². The zero-order valence-corrected chi connectivity index (χ0v) is 12.9. The lowest BCUT2D eigenvalue weighted by molar-refractivity contribution is -0.648. The summed E-state index contributed by atoms with van der Waals surface area (Å²) in [6, 6.07) is 16.9. The first kappa shape index (κ1) is 16.6. The van der Waals surface area contributed by atoms with E-state index in [1.807, 2.05) is 0 Å². The van der Waals surface area contributed by atoms with Crippen molar-refractivity contribution in [1.82, 2.24) is 0 Å². The van der Waals surface area contributed by atoms with Gasteiger partial charge in [0.25, 0.3) is 0 Å². The van der Waals surface area contributed by atoms with Gasteiger partial charge in [-0.3, -0.25) is 0 Å². The molecule has 2 aromatic rings. The van der Waals surface area contributed by atoms with Crippen LogP contribution in [0.3, 0.4) is 0 Å². The maximum absolute atomic E-state index is 12.1. The fraction of sp³-hybridized carbons (Fsp3) is 0.250. The Morgan fingerprint density at radius 3 is 1.45 bits per heavy atom. The molecule has 0 spiro atoms. The number of hydrogen-bond acceptors (Lipinski definition) is 2. The highest BCUT2D eigenvalue weighted by atomic mass is 31.2. The second-order valence-corrected chi connectivity index (χ2v) is 6.46. The molecule has 0 amide bonds. The van der Waals surface area contributed by atoms with Crippen molar-refractivity contribution in [3.8, 4) is 0 Å². The van der Waals surface area contributed by atoms with Crippen LogP contribution in [0, 0.1) is 0 Å². The van der Waals surface area contributed by atoms with Crippen LogP contribution in [0.15, 0.2) is 60.7 Å². The first-order valence-electron chi connectivity index (χ1n) is 6.86. The molecule has 0 aliphatic heterocycles. The van der Waals surface area contributed by atoms with E-state index < -0.39 is 7.37 Å². The van der Waals surface area contributed by atoms with E-state index in [9.17, 15) is 9.46 Å². The zero-order chi connectivity index (χ0) is 14.8. The third-order valence-electron chi connectivity index (χ3n) is 2.77. The molecule has 108 valence electrons. The van der Waals surface area contributed by atoms with Gasteiger partial charge < -0.3 is 14.8 Å². The lowest BCUT2D eigenvalue weighted by Crippen LogP contribution is -2.82. The Kier molecular flexibility index (Phi) is 7.24. The molecule has 0 radical (unpaired) electrons. The molecule has 0 saturated heterocycles. The highest BCUT2D eigenvalue weighted by molar-refractivity contribution is 7.72. The number of hydrogen-bond donors (Lipinski definition) is 1. The van der Waals surface area contributed by atoms with Gasteiger partial charge in [0.2, 0.25) is 0 Å². The molecule has 0 aliphatic carbocycles. The van der Waals surface area contributed by atoms with Gasteiger partial charge in [-0.05, 0) is 13.8 Å². The van der Waals surface area contributed by atoms with E-state index in [1.165, 1.54) is 13.1 Å². The maximum atomic E-state index is 12.1. The van der Waals surface area contributed by atoms with Crippen molar-refractivity contribution in [3.63, 3.8) is 0 Å². The van der Waals surface area contributed by atoms with E-state index in [0.29, 0.717) is 10.6 Å². The Hall–Kier alpha value is -1.41. The van der Waals surface area contributed by atoms with E-state index in [1.54, 1.807) is 60.7 Å². The minimum atomic E-state index is -3.65. The monoisotopic (exact) mass is 291 g/mol. The summed E-state index contributed by atoms with van der Waals surface area (Å²) in [5, 5.41) is 2.97. The zero-order valence-electron chi connectivity index (χ0n) is 12.0. The Balaban J connectivity index is 0.000000347. The SMILES string of the molecule is CC[NH2+]CC.O=P([O-])(c1ccccc1)c1ccccc1. The largest absolute Gasteiger partial charge is 0.793 e. The first-order valence-corrected chi connectivity index (χ1v) is 8.49. The quantitative estimate of drug-likeness (QED) is 0.850. The third kappa shape index (κ3) is 4.93. The van der Waals surface area contributed by atoms with Crippen LogP contribution in [-0.4, -0.2) is 13.1 Å². The molecule has 0 fully saturated rings. The van der Waals surface area contributed by atoms with Gasteiger partial charge in [0.05, 0.1) is 20.5 Å². The fourth-order valence-corrected chi connectivity index (χ4v) is 3.11. The predicted molar refractivity (Wildman–Crippen MR) is 82.8 cm³/mol. The average Bonchev–Trinajstić information content (AvgIpc) is 2.50. The molecule has 0 heterocycles. The van der Waals surface area contributed by atoms with Crippen molar-refractivity contribution in [2.75, 3.05) is 13.1 Å². The second kappa shape index (κ2) is 8.70. The highest BCUT2D eigenvalue weighted by Crippen LogP contribution is 2.32. The van der Waals surface area contributed by atoms with E-state index in [4.69, 9.17) is 0 Å². The topological polar surface area (TPSA) is 56.7 Å². The third-order valence-corrected chi connectivity index (χ3v) is 4.73. The summed E-state index contributed by atoms with van der Waals surface area (Å²) in [6.07, 6.45) is 0. The Morgan fingerprint density at radius 2 is 1.20 bits per heavy atom. The van der Waals surface area contributed by atoms with Crippen LogP contribution in [0.5, 0.6) is 0 Å². The molecule has 2 rings (SSSR count). The van der Waals surface area contributed by atoms with Crippen molar-refractivity contribution < 1.29 is 14.8 Å². The van der Waals surface area contributed by atoms with Crippen LogP contribution in [-0.2, 0) is 4.57 Å². The van der Waals surface area contributed by atoms with Crippen molar-refractivity contribution >= 4 is 18.0 Å². The van der Waals surface area contributed by atoms with Crippen molar-refractivity contribution in [1.29, 1.82) is 0 Å². The molecule has 0 unspecified atom stereocenters. The lowest BCUT2D eigenvalue weighted by Gasteiger charge is -2.23. The van der Waals surface area contributed by atoms with E-state index >= 15 is 0 Å². The summed E-state index contributed by atoms with van der Waals surface area (Å²) in [4.78, 5) is 12.1. The van der Waals surface area contributed by atoms with Crippen molar-refractivity contribution in [2.24, 2.45) is 0 Å². The Labute approximate surface area is 121 Å². The van der Waals surface area contributed by atoms with Gasteiger partial charge in [0.15, 0.2) is 0 Å². The van der Waals surface area contributed by atoms with Gasteiger partial charge in [-0.25, -0.2) is 0 Å². The lowest BCUT2D eigenvalue weighted by atomic mass is 10.4. The van der Waals surface area contributed by atoms with Crippen LogP contribution in [0.1, 0.15) is 13.8 Å². The molecule has 0 atom stereocenters. The highest BCUT2D eigenvalue weighted by Gasteiger charge is 2.12. The molecule has 2 N–H and O–H groups in total. The van der Waals surface area contributed by atoms with Gasteiger partial charge in [0, 0.05) is 10.6 Å². The molecule has 2 aromatic carbocycles. The maximum Gasteiger partial charge on any atom is 0.0726 e. The molecule has 0 bridgehead atoms. The van der Waals surface area contributed by atoms with Crippen LogP contribution >= 0.6 is 7.37 Å². The van der Waals surface area contributed by atoms with Crippen LogP contribution < -0.4 is 20.8 Å². The number of rotatable bonds is 4. The van der Waals surface area contributed by atoms with Gasteiger partial charge in [-0.15, -0.1) is 0 Å². The normalized spacial score (nSPS) is 10.6. The predicted octanol–water partition coefficient (Wildman–Crippen LogP) is 0.865. The molecule has 0 saturated carbocycles. The van der Waals surface area contributed by atoms with Crippen molar-refractivity contribution in [2.45, 2.75) is 13.8 Å². The molecule has 0 aromatic heterocycles. The Bertz CT molecular complexity index is 483. The number of nitrogens with two attached hydrogens (primary N) is 1. The molecule has 3 nitrogen and oxygen atoms in total. The van der Waals surface area contributed by atoms with Crippen molar-refractivity contribution in [3.05, 3.63) is 60.7 Å². The standard InChI is InChI=1S/C12H11O2P.C4H11N/c13-15(14,11-7-3-1-4-8-11)12-9-5-2-6-10-12;1-3-5-4-2/h1-10H,(H,13,14);5H,3-4H2,1-2H3. The van der Waals surface area contributed by atoms with Crippen LogP contribution in [0.25, 0.3) is 0 Å². The number of benzene rings is 2. The minimum absolute atomic E-state index is 0.358. The summed E-state index contributed by atoms with van der Waals surface area (Å²) in [5.41, 5.74) is 0. The van der Waals surface area contributed by atoms with E-state index in [0.717, 1.165) is 0 Å². The van der Waals surface area contributed by atoms with Crippen LogP contribution in [0.2, 0.25) is 0 Å². The smallest absolute Gasteiger partial charge is 0.0726 e. The van der Waals surface area contributed by atoms with E-state index in [-0.39, 0.29) is 0 Å². The summed E-state index contributed by atoms with van der Waals surface area (Å²) < 4.78 is 12.1. The van der Waals surface area contributed by atoms with Gasteiger partial charge in [-0.2, -0.15) is 0 Å². The number of quaternary nitrogens is 1. The molecule has 20 heavy (non-hydrogen) atoms. The van der Waals surface area contributed by atoms with Gasteiger partial charge in [-0.1, -0.05) is 60.7 Å². The minimum Gasteiger partial charge on any atom is -0.793 e. The summed E-state index contributed by atoms with van der Waals surface area (Å²) in [7, 11) is -3.65. The molecule has 4 heteroatoms. The molecular formula is C16H22NO2P.